The Hall–Kier alpha value is -2.56. The molecule has 1 aromatic carbocycles. The van der Waals surface area contributed by atoms with E-state index >= 15 is 0 Å². The second kappa shape index (κ2) is 9.51. The van der Waals surface area contributed by atoms with E-state index in [1.165, 1.54) is 0 Å². The highest BCUT2D eigenvalue weighted by Gasteiger charge is 2.41. The van der Waals surface area contributed by atoms with Crippen LogP contribution in [-0.2, 0) is 12.4 Å². The fourth-order valence-corrected chi connectivity index (χ4v) is 3.68. The number of hydrogen-bond acceptors (Lipinski definition) is 3. The summed E-state index contributed by atoms with van der Waals surface area (Å²) in [5.74, 6) is -0.289. The van der Waals surface area contributed by atoms with Gasteiger partial charge in [0.15, 0.2) is 5.69 Å². The predicted molar refractivity (Wildman–Crippen MR) is 105 cm³/mol. The molecule has 1 fully saturated rings. The summed E-state index contributed by atoms with van der Waals surface area (Å²) in [4.78, 5) is 14.7. The zero-order valence-corrected chi connectivity index (χ0v) is 17.4. The first-order valence-corrected chi connectivity index (χ1v) is 10.3. The van der Waals surface area contributed by atoms with Gasteiger partial charge in [-0.1, -0.05) is 13.0 Å². The van der Waals surface area contributed by atoms with Crippen LogP contribution in [-0.4, -0.2) is 46.8 Å². The molecule has 176 valence electrons. The predicted octanol–water partition coefficient (Wildman–Crippen LogP) is 4.76. The van der Waals surface area contributed by atoms with Crippen LogP contribution in [0.25, 0.3) is 5.69 Å². The van der Waals surface area contributed by atoms with Crippen LogP contribution < -0.4 is 5.32 Å². The van der Waals surface area contributed by atoms with Crippen LogP contribution in [0.3, 0.4) is 0 Å². The maximum Gasteiger partial charge on any atom is 0.434 e. The van der Waals surface area contributed by atoms with Crippen molar-refractivity contribution in [1.82, 2.24) is 20.0 Å². The van der Waals surface area contributed by atoms with E-state index in [0.29, 0.717) is 23.1 Å². The summed E-state index contributed by atoms with van der Waals surface area (Å²) in [5.41, 5.74) is -3.71. The first-order valence-electron chi connectivity index (χ1n) is 10.3. The third kappa shape index (κ3) is 5.81. The van der Waals surface area contributed by atoms with Crippen LogP contribution in [0.5, 0.6) is 0 Å². The Bertz CT molecular complexity index is 929. The van der Waals surface area contributed by atoms with Gasteiger partial charge in [0.25, 0.3) is 5.91 Å². The number of aromatic nitrogens is 2. The van der Waals surface area contributed by atoms with Crippen LogP contribution in [0.1, 0.15) is 47.8 Å². The van der Waals surface area contributed by atoms with Crippen LogP contribution in [0, 0.1) is 5.92 Å². The first kappa shape index (κ1) is 24.1. The summed E-state index contributed by atoms with van der Waals surface area (Å²) in [6.07, 6.45) is -6.24. The van der Waals surface area contributed by atoms with E-state index in [1.54, 1.807) is 0 Å². The number of alkyl halides is 6. The van der Waals surface area contributed by atoms with E-state index in [4.69, 9.17) is 0 Å². The standard InChI is InChI=1S/C21H24F6N4O/c1-14-6-10-30(11-7-14)9-3-8-28-19(32)17-13-29-31(18(17)21(25,26)27)16-5-2-4-15(12-16)20(22,23)24/h2,4-5,12-14H,3,6-11H2,1H3,(H,28,32). The number of carbonyl (C=O) groups excluding carboxylic acids is 1. The summed E-state index contributed by atoms with van der Waals surface area (Å²) in [6, 6.07) is 3.36. The van der Waals surface area contributed by atoms with Gasteiger partial charge in [0.05, 0.1) is 23.0 Å². The molecule has 0 radical (unpaired) electrons. The molecule has 1 amide bonds. The molecule has 1 aliphatic rings. The minimum absolute atomic E-state index is 0.178. The molecule has 1 aliphatic heterocycles. The lowest BCUT2D eigenvalue weighted by atomic mass is 9.99. The molecule has 11 heteroatoms. The number of carbonyl (C=O) groups is 1. The van der Waals surface area contributed by atoms with Gasteiger partial charge in [-0.15, -0.1) is 0 Å². The van der Waals surface area contributed by atoms with Crippen molar-refractivity contribution in [2.45, 2.75) is 38.5 Å². The molecule has 2 heterocycles. The van der Waals surface area contributed by atoms with Gasteiger partial charge in [0, 0.05) is 6.54 Å². The Morgan fingerprint density at radius 2 is 1.81 bits per heavy atom. The number of hydrogen-bond donors (Lipinski definition) is 1. The molecule has 5 nitrogen and oxygen atoms in total. The molecule has 2 aromatic rings. The van der Waals surface area contributed by atoms with Gasteiger partial charge in [0.2, 0.25) is 0 Å². The van der Waals surface area contributed by atoms with Gasteiger partial charge in [0.1, 0.15) is 0 Å². The van der Waals surface area contributed by atoms with Gasteiger partial charge in [-0.2, -0.15) is 31.4 Å². The largest absolute Gasteiger partial charge is 0.434 e. The van der Waals surface area contributed by atoms with E-state index < -0.39 is 40.8 Å². The number of likely N-dealkylation sites (tertiary alicyclic amines) is 1. The average molecular weight is 462 g/mol. The van der Waals surface area contributed by atoms with E-state index in [2.05, 4.69) is 22.2 Å². The van der Waals surface area contributed by atoms with E-state index in [1.807, 2.05) is 0 Å². The molecule has 0 atom stereocenters. The fraction of sp³-hybridized carbons (Fsp3) is 0.524. The third-order valence-electron chi connectivity index (χ3n) is 5.51. The Kier molecular flexibility index (Phi) is 7.16. The lowest BCUT2D eigenvalue weighted by Crippen LogP contribution is -2.35. The summed E-state index contributed by atoms with van der Waals surface area (Å²) in [5, 5.41) is 6.03. The number of nitrogens with zero attached hydrogens (tertiary/aromatic N) is 3. The van der Waals surface area contributed by atoms with E-state index in [0.717, 1.165) is 56.9 Å². The normalized spacial score (nSPS) is 16.3. The second-order valence-corrected chi connectivity index (χ2v) is 8.00. The first-order chi connectivity index (χ1) is 15.0. The Labute approximate surface area is 181 Å². The molecular weight excluding hydrogens is 438 g/mol. The highest BCUT2D eigenvalue weighted by Crippen LogP contribution is 2.35. The third-order valence-corrected chi connectivity index (χ3v) is 5.51. The summed E-state index contributed by atoms with van der Waals surface area (Å²) >= 11 is 0. The van der Waals surface area contributed by atoms with E-state index in [-0.39, 0.29) is 6.54 Å². The van der Waals surface area contributed by atoms with Crippen molar-refractivity contribution in [2.24, 2.45) is 5.92 Å². The van der Waals surface area contributed by atoms with Crippen LogP contribution >= 0.6 is 0 Å². The minimum Gasteiger partial charge on any atom is -0.352 e. The molecule has 32 heavy (non-hydrogen) atoms. The van der Waals surface area contributed by atoms with Crippen molar-refractivity contribution >= 4 is 5.91 Å². The number of halogens is 6. The zero-order valence-electron chi connectivity index (χ0n) is 17.4. The fourth-order valence-electron chi connectivity index (χ4n) is 3.68. The number of amides is 1. The molecule has 0 saturated carbocycles. The molecule has 0 bridgehead atoms. The minimum atomic E-state index is -5.00. The average Bonchev–Trinajstić information content (AvgIpc) is 3.18. The van der Waals surface area contributed by atoms with Crippen LogP contribution in [0.2, 0.25) is 0 Å². The maximum atomic E-state index is 13.7. The Morgan fingerprint density at radius 1 is 1.12 bits per heavy atom. The van der Waals surface area contributed by atoms with Crippen molar-refractivity contribution < 1.29 is 31.1 Å². The number of nitrogens with one attached hydrogen (secondary N) is 1. The van der Waals surface area contributed by atoms with Crippen LogP contribution in [0.15, 0.2) is 30.5 Å². The molecule has 0 spiro atoms. The van der Waals surface area contributed by atoms with Gasteiger partial charge < -0.3 is 10.2 Å². The van der Waals surface area contributed by atoms with Gasteiger partial charge in [-0.25, -0.2) is 4.68 Å². The van der Waals surface area contributed by atoms with Crippen molar-refractivity contribution in [2.75, 3.05) is 26.2 Å². The van der Waals surface area contributed by atoms with Crippen molar-refractivity contribution in [3.05, 3.63) is 47.3 Å². The second-order valence-electron chi connectivity index (χ2n) is 8.00. The monoisotopic (exact) mass is 462 g/mol. The lowest BCUT2D eigenvalue weighted by Gasteiger charge is -2.30. The number of piperidine rings is 1. The smallest absolute Gasteiger partial charge is 0.352 e. The maximum absolute atomic E-state index is 13.7. The quantitative estimate of drug-likeness (QED) is 0.498. The molecule has 1 saturated heterocycles. The van der Waals surface area contributed by atoms with Gasteiger partial charge in [-0.3, -0.25) is 4.79 Å². The van der Waals surface area contributed by atoms with Gasteiger partial charge >= 0.3 is 12.4 Å². The zero-order chi connectivity index (χ0) is 23.5. The Morgan fingerprint density at radius 3 is 2.44 bits per heavy atom. The van der Waals surface area contributed by atoms with Crippen molar-refractivity contribution in [3.63, 3.8) is 0 Å². The highest BCUT2D eigenvalue weighted by atomic mass is 19.4. The highest BCUT2D eigenvalue weighted by molar-refractivity contribution is 5.95. The van der Waals surface area contributed by atoms with Crippen molar-refractivity contribution in [1.29, 1.82) is 0 Å². The summed E-state index contributed by atoms with van der Waals surface area (Å²) in [6.45, 7) is 5.00. The SMILES string of the molecule is CC1CCN(CCCNC(=O)c2cnn(-c3cccc(C(F)(F)F)c3)c2C(F)(F)F)CC1. The van der Waals surface area contributed by atoms with E-state index in [9.17, 15) is 31.1 Å². The topological polar surface area (TPSA) is 50.2 Å². The molecule has 1 aromatic heterocycles. The summed E-state index contributed by atoms with van der Waals surface area (Å²) in [7, 11) is 0. The van der Waals surface area contributed by atoms with Crippen molar-refractivity contribution in [3.8, 4) is 5.69 Å². The Balaban J connectivity index is 1.72. The molecule has 0 aliphatic carbocycles. The van der Waals surface area contributed by atoms with Gasteiger partial charge in [-0.05, 0) is 63.0 Å². The molecular formula is C21H24F6N4O. The van der Waals surface area contributed by atoms with Crippen LogP contribution in [0.4, 0.5) is 26.3 Å². The summed E-state index contributed by atoms with van der Waals surface area (Å²) < 4.78 is 80.3. The number of rotatable bonds is 6. The molecule has 3 rings (SSSR count). The number of benzene rings is 1. The lowest BCUT2D eigenvalue weighted by molar-refractivity contribution is -0.143. The molecule has 1 N–H and O–H groups in total. The molecule has 0 unspecified atom stereocenters.